The lowest BCUT2D eigenvalue weighted by atomic mass is 10.1. The zero-order valence-electron chi connectivity index (χ0n) is 9.40. The van der Waals surface area contributed by atoms with E-state index in [0.717, 1.165) is 18.6 Å². The van der Waals surface area contributed by atoms with Gasteiger partial charge in [-0.2, -0.15) is 0 Å². The Bertz CT molecular complexity index is 289. The molecule has 0 aliphatic rings. The van der Waals surface area contributed by atoms with Crippen molar-refractivity contribution in [2.45, 2.75) is 18.9 Å². The lowest BCUT2D eigenvalue weighted by Crippen LogP contribution is -2.26. The molecule has 0 aromatic heterocycles. The zero-order valence-corrected chi connectivity index (χ0v) is 9.40. The third-order valence-electron chi connectivity index (χ3n) is 2.32. The van der Waals surface area contributed by atoms with E-state index >= 15 is 0 Å². The molecule has 1 rings (SSSR count). The monoisotopic (exact) mass is 209 g/mol. The number of methoxy groups -OCH3 is 2. The molecule has 3 heteroatoms. The average Bonchev–Trinajstić information content (AvgIpc) is 2.27. The number of ether oxygens (including phenoxy) is 2. The van der Waals surface area contributed by atoms with Crippen LogP contribution in [0.5, 0.6) is 5.75 Å². The number of benzene rings is 1. The molecule has 0 radical (unpaired) electrons. The second-order valence-electron chi connectivity index (χ2n) is 3.61. The first kappa shape index (κ1) is 12.0. The minimum Gasteiger partial charge on any atom is -0.497 e. The van der Waals surface area contributed by atoms with Crippen LogP contribution in [0, 0.1) is 0 Å². The minimum atomic E-state index is 0.112. The lowest BCUT2D eigenvalue weighted by Gasteiger charge is -2.10. The molecule has 2 N–H and O–H groups in total. The van der Waals surface area contributed by atoms with Gasteiger partial charge in [-0.25, -0.2) is 0 Å². The Morgan fingerprint density at radius 2 is 2.13 bits per heavy atom. The molecule has 0 saturated carbocycles. The first-order valence-corrected chi connectivity index (χ1v) is 5.13. The minimum absolute atomic E-state index is 0.112. The topological polar surface area (TPSA) is 44.5 Å². The number of rotatable bonds is 6. The average molecular weight is 209 g/mol. The molecule has 0 bridgehead atoms. The third kappa shape index (κ3) is 4.32. The van der Waals surface area contributed by atoms with Gasteiger partial charge in [0, 0.05) is 13.2 Å². The molecule has 0 aliphatic heterocycles. The van der Waals surface area contributed by atoms with Crippen molar-refractivity contribution in [2.24, 2.45) is 5.73 Å². The van der Waals surface area contributed by atoms with E-state index in [4.69, 9.17) is 15.2 Å². The number of aryl methyl sites for hydroxylation is 1. The summed E-state index contributed by atoms with van der Waals surface area (Å²) < 4.78 is 10.1. The maximum atomic E-state index is 5.85. The molecule has 84 valence electrons. The Hall–Kier alpha value is -1.06. The Labute approximate surface area is 91.2 Å². The van der Waals surface area contributed by atoms with Crippen molar-refractivity contribution in [3.63, 3.8) is 0 Å². The summed E-state index contributed by atoms with van der Waals surface area (Å²) in [5.41, 5.74) is 7.10. The standard InChI is InChI=1S/C12H19NO2/c1-14-9-11(13)7-6-10-4-3-5-12(8-10)15-2/h3-5,8,11H,6-7,9,13H2,1-2H3. The summed E-state index contributed by atoms with van der Waals surface area (Å²) in [5.74, 6) is 0.896. The summed E-state index contributed by atoms with van der Waals surface area (Å²) in [6.07, 6.45) is 1.89. The molecule has 0 amide bonds. The van der Waals surface area contributed by atoms with E-state index in [-0.39, 0.29) is 6.04 Å². The second kappa shape index (κ2) is 6.43. The molecule has 1 aromatic rings. The summed E-state index contributed by atoms with van der Waals surface area (Å²) in [6.45, 7) is 0.615. The van der Waals surface area contributed by atoms with Gasteiger partial charge < -0.3 is 15.2 Å². The summed E-state index contributed by atoms with van der Waals surface area (Å²) in [5, 5.41) is 0. The van der Waals surface area contributed by atoms with Crippen molar-refractivity contribution < 1.29 is 9.47 Å². The van der Waals surface area contributed by atoms with Gasteiger partial charge in [0.15, 0.2) is 0 Å². The molecule has 1 unspecified atom stereocenters. The highest BCUT2D eigenvalue weighted by Gasteiger charge is 2.02. The highest BCUT2D eigenvalue weighted by Crippen LogP contribution is 2.14. The lowest BCUT2D eigenvalue weighted by molar-refractivity contribution is 0.177. The van der Waals surface area contributed by atoms with Crippen LogP contribution < -0.4 is 10.5 Å². The van der Waals surface area contributed by atoms with Crippen LogP contribution in [-0.4, -0.2) is 26.9 Å². The molecule has 1 aromatic carbocycles. The van der Waals surface area contributed by atoms with Gasteiger partial charge in [0.25, 0.3) is 0 Å². The number of hydrogen-bond acceptors (Lipinski definition) is 3. The van der Waals surface area contributed by atoms with E-state index in [0.29, 0.717) is 6.61 Å². The molecule has 0 aliphatic carbocycles. The molecule has 3 nitrogen and oxygen atoms in total. The molecule has 15 heavy (non-hydrogen) atoms. The first-order valence-electron chi connectivity index (χ1n) is 5.13. The molecular weight excluding hydrogens is 190 g/mol. The molecule has 0 heterocycles. The largest absolute Gasteiger partial charge is 0.497 e. The fraction of sp³-hybridized carbons (Fsp3) is 0.500. The van der Waals surface area contributed by atoms with Crippen molar-refractivity contribution in [1.82, 2.24) is 0 Å². The maximum absolute atomic E-state index is 5.85. The van der Waals surface area contributed by atoms with Crippen molar-refractivity contribution in [2.75, 3.05) is 20.8 Å². The highest BCUT2D eigenvalue weighted by atomic mass is 16.5. The molecule has 0 fully saturated rings. The number of nitrogens with two attached hydrogens (primary N) is 1. The fourth-order valence-corrected chi connectivity index (χ4v) is 1.48. The van der Waals surface area contributed by atoms with Crippen LogP contribution >= 0.6 is 0 Å². The summed E-state index contributed by atoms with van der Waals surface area (Å²) in [4.78, 5) is 0. The smallest absolute Gasteiger partial charge is 0.119 e. The van der Waals surface area contributed by atoms with Crippen LogP contribution in [0.1, 0.15) is 12.0 Å². The SMILES string of the molecule is COCC(N)CCc1cccc(OC)c1. The third-order valence-corrected chi connectivity index (χ3v) is 2.32. The van der Waals surface area contributed by atoms with Crippen molar-refractivity contribution in [1.29, 1.82) is 0 Å². The van der Waals surface area contributed by atoms with Crippen molar-refractivity contribution >= 4 is 0 Å². The van der Waals surface area contributed by atoms with Crippen LogP contribution in [0.3, 0.4) is 0 Å². The summed E-state index contributed by atoms with van der Waals surface area (Å²) in [7, 11) is 3.35. The van der Waals surface area contributed by atoms with Gasteiger partial charge in [-0.1, -0.05) is 12.1 Å². The second-order valence-corrected chi connectivity index (χ2v) is 3.61. The molecular formula is C12H19NO2. The Morgan fingerprint density at radius 3 is 2.80 bits per heavy atom. The van der Waals surface area contributed by atoms with E-state index in [1.165, 1.54) is 5.56 Å². The van der Waals surface area contributed by atoms with E-state index in [9.17, 15) is 0 Å². The van der Waals surface area contributed by atoms with Gasteiger partial charge in [0.2, 0.25) is 0 Å². The highest BCUT2D eigenvalue weighted by molar-refractivity contribution is 5.28. The van der Waals surface area contributed by atoms with E-state index < -0.39 is 0 Å². The van der Waals surface area contributed by atoms with Gasteiger partial charge in [0.1, 0.15) is 5.75 Å². The van der Waals surface area contributed by atoms with Crippen LogP contribution in [0.2, 0.25) is 0 Å². The van der Waals surface area contributed by atoms with Gasteiger partial charge in [0.05, 0.1) is 13.7 Å². The Kier molecular flexibility index (Phi) is 5.15. The van der Waals surface area contributed by atoms with Crippen molar-refractivity contribution in [3.05, 3.63) is 29.8 Å². The quantitative estimate of drug-likeness (QED) is 0.774. The fourth-order valence-electron chi connectivity index (χ4n) is 1.48. The number of hydrogen-bond donors (Lipinski definition) is 1. The van der Waals surface area contributed by atoms with E-state index in [2.05, 4.69) is 6.07 Å². The Balaban J connectivity index is 2.43. The Morgan fingerprint density at radius 1 is 1.33 bits per heavy atom. The van der Waals surface area contributed by atoms with Gasteiger partial charge >= 0.3 is 0 Å². The van der Waals surface area contributed by atoms with Crippen LogP contribution in [0.4, 0.5) is 0 Å². The zero-order chi connectivity index (χ0) is 11.1. The normalized spacial score (nSPS) is 12.5. The van der Waals surface area contributed by atoms with Gasteiger partial charge in [-0.05, 0) is 30.5 Å². The summed E-state index contributed by atoms with van der Waals surface area (Å²) in [6, 6.07) is 8.18. The van der Waals surface area contributed by atoms with Crippen molar-refractivity contribution in [3.8, 4) is 5.75 Å². The van der Waals surface area contributed by atoms with Gasteiger partial charge in [-0.3, -0.25) is 0 Å². The van der Waals surface area contributed by atoms with E-state index in [1.807, 2.05) is 18.2 Å². The summed E-state index contributed by atoms with van der Waals surface area (Å²) >= 11 is 0. The van der Waals surface area contributed by atoms with Crippen LogP contribution in [-0.2, 0) is 11.2 Å². The van der Waals surface area contributed by atoms with E-state index in [1.54, 1.807) is 14.2 Å². The first-order chi connectivity index (χ1) is 7.26. The predicted molar refractivity (Wildman–Crippen MR) is 61.2 cm³/mol. The van der Waals surface area contributed by atoms with Gasteiger partial charge in [-0.15, -0.1) is 0 Å². The van der Waals surface area contributed by atoms with Crippen LogP contribution in [0.15, 0.2) is 24.3 Å². The molecule has 1 atom stereocenters. The molecule has 0 spiro atoms. The van der Waals surface area contributed by atoms with Crippen LogP contribution in [0.25, 0.3) is 0 Å². The molecule has 0 saturated heterocycles. The maximum Gasteiger partial charge on any atom is 0.119 e. The predicted octanol–water partition coefficient (Wildman–Crippen LogP) is 1.60.